The van der Waals surface area contributed by atoms with E-state index in [-0.39, 0.29) is 5.02 Å². The summed E-state index contributed by atoms with van der Waals surface area (Å²) in [4.78, 5) is 0. The van der Waals surface area contributed by atoms with E-state index in [4.69, 9.17) is 16.9 Å². The fourth-order valence-electron chi connectivity index (χ4n) is 1.05. The van der Waals surface area contributed by atoms with Crippen molar-refractivity contribution in [2.45, 2.75) is 19.3 Å². The summed E-state index contributed by atoms with van der Waals surface area (Å²) in [5, 5.41) is 8.87. The van der Waals surface area contributed by atoms with E-state index in [1.165, 1.54) is 6.07 Å². The molecule has 0 unspecified atom stereocenters. The number of benzene rings is 1. The Bertz CT molecular complexity index is 366. The molecule has 0 radical (unpaired) electrons. The van der Waals surface area contributed by atoms with Crippen LogP contribution >= 0.6 is 11.6 Å². The van der Waals surface area contributed by atoms with Gasteiger partial charge in [0.05, 0.1) is 16.5 Å². The second-order valence-electron chi connectivity index (χ2n) is 3.34. The van der Waals surface area contributed by atoms with E-state index in [0.717, 1.165) is 0 Å². The average molecular weight is 198 g/mol. The van der Waals surface area contributed by atoms with Crippen LogP contribution in [0.3, 0.4) is 0 Å². The van der Waals surface area contributed by atoms with Crippen LogP contribution in [0.1, 0.15) is 19.4 Å². The largest absolute Gasteiger partial charge is 0.205 e. The zero-order valence-electron chi connectivity index (χ0n) is 7.44. The number of nitrogens with zero attached hydrogens (tertiary/aromatic N) is 1. The molecule has 0 saturated carbocycles. The third-order valence-corrected chi connectivity index (χ3v) is 2.29. The van der Waals surface area contributed by atoms with Crippen LogP contribution in [0.25, 0.3) is 0 Å². The molecule has 0 atom stereocenters. The number of nitriles is 1. The van der Waals surface area contributed by atoms with E-state index >= 15 is 0 Å². The maximum absolute atomic E-state index is 13.0. The molecule has 0 saturated heterocycles. The standard InChI is InChI=1S/C10H9ClFN/c1-10(2,6-13)7-4-3-5-8(12)9(7)11/h3-5H,1-2H3. The van der Waals surface area contributed by atoms with Gasteiger partial charge in [0.15, 0.2) is 0 Å². The van der Waals surface area contributed by atoms with Crippen molar-refractivity contribution in [3.05, 3.63) is 34.6 Å². The molecule has 68 valence electrons. The Kier molecular flexibility index (Phi) is 2.58. The van der Waals surface area contributed by atoms with E-state index in [1.807, 2.05) is 0 Å². The smallest absolute Gasteiger partial charge is 0.142 e. The maximum atomic E-state index is 13.0. The second kappa shape index (κ2) is 3.35. The lowest BCUT2D eigenvalue weighted by Gasteiger charge is -2.17. The molecular formula is C10H9ClFN. The Morgan fingerprint density at radius 3 is 2.62 bits per heavy atom. The van der Waals surface area contributed by atoms with E-state index in [1.54, 1.807) is 26.0 Å². The van der Waals surface area contributed by atoms with Crippen molar-refractivity contribution in [3.63, 3.8) is 0 Å². The van der Waals surface area contributed by atoms with Gasteiger partial charge < -0.3 is 0 Å². The fourth-order valence-corrected chi connectivity index (χ4v) is 1.41. The molecule has 0 aromatic heterocycles. The topological polar surface area (TPSA) is 23.8 Å². The van der Waals surface area contributed by atoms with Gasteiger partial charge in [0.2, 0.25) is 0 Å². The third kappa shape index (κ3) is 1.81. The SMILES string of the molecule is CC(C)(C#N)c1cccc(F)c1Cl. The van der Waals surface area contributed by atoms with Crippen LogP contribution in [0, 0.1) is 17.1 Å². The van der Waals surface area contributed by atoms with E-state index < -0.39 is 11.2 Å². The number of halogens is 2. The van der Waals surface area contributed by atoms with Crippen LogP contribution in [-0.2, 0) is 5.41 Å². The van der Waals surface area contributed by atoms with Crippen molar-refractivity contribution < 1.29 is 4.39 Å². The molecule has 0 heterocycles. The van der Waals surface area contributed by atoms with Gasteiger partial charge in [0.25, 0.3) is 0 Å². The van der Waals surface area contributed by atoms with Crippen LogP contribution in [0.2, 0.25) is 5.02 Å². The lowest BCUT2D eigenvalue weighted by Crippen LogP contribution is -2.14. The summed E-state index contributed by atoms with van der Waals surface area (Å²) in [6.45, 7) is 3.40. The highest BCUT2D eigenvalue weighted by molar-refractivity contribution is 6.31. The predicted octanol–water partition coefficient (Wildman–Crippen LogP) is 3.28. The summed E-state index contributed by atoms with van der Waals surface area (Å²) in [5.41, 5.74) is -0.226. The van der Waals surface area contributed by atoms with Gasteiger partial charge in [0.1, 0.15) is 5.82 Å². The quantitative estimate of drug-likeness (QED) is 0.678. The molecule has 1 aromatic carbocycles. The Balaban J connectivity index is 3.33. The zero-order valence-corrected chi connectivity index (χ0v) is 8.19. The third-order valence-electron chi connectivity index (χ3n) is 1.90. The summed E-state index contributed by atoms with van der Waals surface area (Å²) in [5.74, 6) is -0.484. The minimum absolute atomic E-state index is 0.0362. The Hall–Kier alpha value is -1.07. The van der Waals surface area contributed by atoms with Crippen LogP contribution < -0.4 is 0 Å². The summed E-state index contributed by atoms with van der Waals surface area (Å²) in [7, 11) is 0. The van der Waals surface area contributed by atoms with Crippen LogP contribution in [0.4, 0.5) is 4.39 Å². The molecule has 1 nitrogen and oxygen atoms in total. The number of hydrogen-bond acceptors (Lipinski definition) is 1. The number of rotatable bonds is 1. The average Bonchev–Trinajstić information content (AvgIpc) is 2.09. The lowest BCUT2D eigenvalue weighted by molar-refractivity contribution is 0.613. The molecule has 3 heteroatoms. The normalized spacial score (nSPS) is 11.0. The first-order valence-corrected chi connectivity index (χ1v) is 4.22. The van der Waals surface area contributed by atoms with Crippen molar-refractivity contribution >= 4 is 11.6 Å². The molecule has 1 aromatic rings. The van der Waals surface area contributed by atoms with Gasteiger partial charge in [-0.05, 0) is 25.5 Å². The van der Waals surface area contributed by atoms with Crippen molar-refractivity contribution in [3.8, 4) is 6.07 Å². The van der Waals surface area contributed by atoms with E-state index in [9.17, 15) is 4.39 Å². The van der Waals surface area contributed by atoms with Crippen molar-refractivity contribution in [1.29, 1.82) is 5.26 Å². The summed E-state index contributed by atoms with van der Waals surface area (Å²) in [6, 6.07) is 6.56. The first-order valence-electron chi connectivity index (χ1n) is 3.85. The molecule has 13 heavy (non-hydrogen) atoms. The Labute approximate surface area is 81.8 Å². The van der Waals surface area contributed by atoms with Gasteiger partial charge in [-0.25, -0.2) is 4.39 Å². The highest BCUT2D eigenvalue weighted by Gasteiger charge is 2.23. The lowest BCUT2D eigenvalue weighted by atomic mass is 9.86. The van der Waals surface area contributed by atoms with Gasteiger partial charge in [-0.3, -0.25) is 0 Å². The first-order chi connectivity index (χ1) is 5.99. The van der Waals surface area contributed by atoms with Gasteiger partial charge in [0, 0.05) is 0 Å². The van der Waals surface area contributed by atoms with Crippen LogP contribution in [0.15, 0.2) is 18.2 Å². The van der Waals surface area contributed by atoms with E-state index in [2.05, 4.69) is 6.07 Å². The monoisotopic (exact) mass is 197 g/mol. The summed E-state index contributed by atoms with van der Waals surface area (Å²) < 4.78 is 13.0. The van der Waals surface area contributed by atoms with Crippen molar-refractivity contribution in [2.24, 2.45) is 0 Å². The van der Waals surface area contributed by atoms with Crippen LogP contribution in [-0.4, -0.2) is 0 Å². The summed E-state index contributed by atoms with van der Waals surface area (Å²) >= 11 is 5.73. The Morgan fingerprint density at radius 2 is 2.08 bits per heavy atom. The van der Waals surface area contributed by atoms with E-state index in [0.29, 0.717) is 5.56 Å². The minimum atomic E-state index is -0.751. The first kappa shape index (κ1) is 10.0. The van der Waals surface area contributed by atoms with Crippen molar-refractivity contribution in [1.82, 2.24) is 0 Å². The fraction of sp³-hybridized carbons (Fsp3) is 0.300. The van der Waals surface area contributed by atoms with Crippen molar-refractivity contribution in [2.75, 3.05) is 0 Å². The van der Waals surface area contributed by atoms with Gasteiger partial charge in [-0.1, -0.05) is 23.7 Å². The molecule has 0 aliphatic rings. The highest BCUT2D eigenvalue weighted by atomic mass is 35.5. The minimum Gasteiger partial charge on any atom is -0.205 e. The predicted molar refractivity (Wildman–Crippen MR) is 50.0 cm³/mol. The molecule has 0 spiro atoms. The second-order valence-corrected chi connectivity index (χ2v) is 3.72. The number of hydrogen-bond donors (Lipinski definition) is 0. The maximum Gasteiger partial charge on any atom is 0.142 e. The van der Waals surface area contributed by atoms with Crippen LogP contribution in [0.5, 0.6) is 0 Å². The molecule has 0 bridgehead atoms. The highest BCUT2D eigenvalue weighted by Crippen LogP contribution is 2.30. The molecule has 0 aliphatic carbocycles. The molecule has 0 amide bonds. The zero-order chi connectivity index (χ0) is 10.1. The molecular weight excluding hydrogens is 189 g/mol. The Morgan fingerprint density at radius 1 is 1.46 bits per heavy atom. The summed E-state index contributed by atoms with van der Waals surface area (Å²) in [6.07, 6.45) is 0. The van der Waals surface area contributed by atoms with Gasteiger partial charge in [-0.15, -0.1) is 0 Å². The molecule has 0 aliphatic heterocycles. The van der Waals surface area contributed by atoms with Gasteiger partial charge in [-0.2, -0.15) is 5.26 Å². The molecule has 0 fully saturated rings. The molecule has 0 N–H and O–H groups in total. The van der Waals surface area contributed by atoms with Gasteiger partial charge >= 0.3 is 0 Å². The molecule has 1 rings (SSSR count).